The maximum Gasteiger partial charge on any atom is 0.251 e. The van der Waals surface area contributed by atoms with Gasteiger partial charge in [-0.1, -0.05) is 36.2 Å². The Bertz CT molecular complexity index is 831. The fourth-order valence-corrected chi connectivity index (χ4v) is 2.94. The largest absolute Gasteiger partial charge is 0.343 e. The van der Waals surface area contributed by atoms with Crippen molar-refractivity contribution >= 4 is 11.8 Å². The van der Waals surface area contributed by atoms with E-state index in [4.69, 9.17) is 5.26 Å². The van der Waals surface area contributed by atoms with E-state index in [1.807, 2.05) is 51.1 Å². The summed E-state index contributed by atoms with van der Waals surface area (Å²) >= 11 is 0. The molecule has 0 heterocycles. The fraction of sp³-hybridized carbons (Fsp3) is 0.318. The SMILES string of the molecule is CCCN(Cc1ccc(C#N)cc1)C(=O)CNC(=O)c1cc(C)cc(C)c1. The molecule has 2 aromatic carbocycles. The second kappa shape index (κ2) is 9.54. The molecule has 0 bridgehead atoms. The third-order valence-corrected chi connectivity index (χ3v) is 4.19. The van der Waals surface area contributed by atoms with Gasteiger partial charge in [0.2, 0.25) is 5.91 Å². The minimum Gasteiger partial charge on any atom is -0.343 e. The predicted molar refractivity (Wildman–Crippen MR) is 105 cm³/mol. The van der Waals surface area contributed by atoms with Crippen LogP contribution in [0.3, 0.4) is 0 Å². The third kappa shape index (κ3) is 5.96. The molecule has 0 aliphatic carbocycles. The van der Waals surface area contributed by atoms with Gasteiger partial charge in [0.15, 0.2) is 0 Å². The Morgan fingerprint density at radius 1 is 1.07 bits per heavy atom. The van der Waals surface area contributed by atoms with Crippen LogP contribution in [0.4, 0.5) is 0 Å². The highest BCUT2D eigenvalue weighted by Crippen LogP contribution is 2.10. The minimum atomic E-state index is -0.245. The van der Waals surface area contributed by atoms with Gasteiger partial charge in [-0.3, -0.25) is 9.59 Å². The Labute approximate surface area is 160 Å². The van der Waals surface area contributed by atoms with Crippen LogP contribution in [0, 0.1) is 25.2 Å². The van der Waals surface area contributed by atoms with E-state index in [-0.39, 0.29) is 18.4 Å². The lowest BCUT2D eigenvalue weighted by Gasteiger charge is -2.22. The Balaban J connectivity index is 1.99. The van der Waals surface area contributed by atoms with Gasteiger partial charge in [-0.2, -0.15) is 5.26 Å². The van der Waals surface area contributed by atoms with Crippen molar-refractivity contribution in [1.29, 1.82) is 5.26 Å². The number of carbonyl (C=O) groups is 2. The molecule has 0 aromatic heterocycles. The van der Waals surface area contributed by atoms with Gasteiger partial charge in [0, 0.05) is 18.7 Å². The molecule has 2 amide bonds. The number of nitrogens with zero attached hydrogens (tertiary/aromatic N) is 2. The van der Waals surface area contributed by atoms with Crippen LogP contribution in [-0.2, 0) is 11.3 Å². The number of nitrogens with one attached hydrogen (secondary N) is 1. The summed E-state index contributed by atoms with van der Waals surface area (Å²) in [4.78, 5) is 26.7. The molecule has 0 atom stereocenters. The first-order valence-corrected chi connectivity index (χ1v) is 9.06. The van der Waals surface area contributed by atoms with Crippen molar-refractivity contribution in [2.75, 3.05) is 13.1 Å². The average molecular weight is 363 g/mol. The van der Waals surface area contributed by atoms with Gasteiger partial charge in [-0.05, 0) is 50.1 Å². The van der Waals surface area contributed by atoms with Gasteiger partial charge >= 0.3 is 0 Å². The summed E-state index contributed by atoms with van der Waals surface area (Å²) in [6.07, 6.45) is 0.826. The van der Waals surface area contributed by atoms with Crippen molar-refractivity contribution in [2.24, 2.45) is 0 Å². The molecular formula is C22H25N3O2. The molecule has 0 saturated carbocycles. The van der Waals surface area contributed by atoms with Crippen molar-refractivity contribution in [3.8, 4) is 6.07 Å². The zero-order chi connectivity index (χ0) is 19.8. The zero-order valence-corrected chi connectivity index (χ0v) is 16.1. The minimum absolute atomic E-state index is 0.0396. The Morgan fingerprint density at radius 2 is 1.70 bits per heavy atom. The zero-order valence-electron chi connectivity index (χ0n) is 16.1. The maximum atomic E-state index is 12.6. The summed E-state index contributed by atoms with van der Waals surface area (Å²) in [5.74, 6) is -0.371. The third-order valence-electron chi connectivity index (χ3n) is 4.19. The van der Waals surface area contributed by atoms with Crippen LogP contribution in [0.5, 0.6) is 0 Å². The number of nitriles is 1. The highest BCUT2D eigenvalue weighted by molar-refractivity contribution is 5.96. The molecule has 0 unspecified atom stereocenters. The molecule has 0 spiro atoms. The number of aryl methyl sites for hydroxylation is 2. The monoisotopic (exact) mass is 363 g/mol. The van der Waals surface area contributed by atoms with Crippen LogP contribution in [0.2, 0.25) is 0 Å². The topological polar surface area (TPSA) is 73.2 Å². The van der Waals surface area contributed by atoms with Gasteiger partial charge in [-0.25, -0.2) is 0 Å². The number of hydrogen-bond donors (Lipinski definition) is 1. The number of amides is 2. The predicted octanol–water partition coefficient (Wildman–Crippen LogP) is 3.34. The van der Waals surface area contributed by atoms with Gasteiger partial charge in [0.25, 0.3) is 5.91 Å². The molecule has 0 saturated heterocycles. The van der Waals surface area contributed by atoms with E-state index in [1.54, 1.807) is 17.0 Å². The van der Waals surface area contributed by atoms with Gasteiger partial charge < -0.3 is 10.2 Å². The first kappa shape index (κ1) is 20.2. The van der Waals surface area contributed by atoms with E-state index in [9.17, 15) is 9.59 Å². The van der Waals surface area contributed by atoms with E-state index in [0.29, 0.717) is 24.2 Å². The highest BCUT2D eigenvalue weighted by Gasteiger charge is 2.15. The van der Waals surface area contributed by atoms with Gasteiger partial charge in [-0.15, -0.1) is 0 Å². The standard InChI is InChI=1S/C22H25N3O2/c1-4-9-25(15-19-7-5-18(13-23)6-8-19)21(26)14-24-22(27)20-11-16(2)10-17(3)12-20/h5-8,10-12H,4,9,14-15H2,1-3H3,(H,24,27). The lowest BCUT2D eigenvalue weighted by molar-refractivity contribution is -0.130. The normalized spacial score (nSPS) is 10.1. The average Bonchev–Trinajstić information content (AvgIpc) is 2.65. The van der Waals surface area contributed by atoms with Crippen molar-refractivity contribution in [1.82, 2.24) is 10.2 Å². The second-order valence-electron chi connectivity index (χ2n) is 6.68. The summed E-state index contributed by atoms with van der Waals surface area (Å²) in [5, 5.41) is 11.6. The smallest absolute Gasteiger partial charge is 0.251 e. The Kier molecular flexibility index (Phi) is 7.13. The maximum absolute atomic E-state index is 12.6. The fourth-order valence-electron chi connectivity index (χ4n) is 2.94. The van der Waals surface area contributed by atoms with Gasteiger partial charge in [0.1, 0.15) is 0 Å². The highest BCUT2D eigenvalue weighted by atomic mass is 16.2. The number of hydrogen-bond acceptors (Lipinski definition) is 3. The quantitative estimate of drug-likeness (QED) is 0.820. The summed E-state index contributed by atoms with van der Waals surface area (Å²) in [7, 11) is 0. The molecule has 2 aromatic rings. The number of benzene rings is 2. The first-order valence-electron chi connectivity index (χ1n) is 9.06. The van der Waals surface area contributed by atoms with Crippen LogP contribution in [-0.4, -0.2) is 29.8 Å². The second-order valence-corrected chi connectivity index (χ2v) is 6.68. The lowest BCUT2D eigenvalue weighted by Crippen LogP contribution is -2.40. The van der Waals surface area contributed by atoms with Crippen LogP contribution in [0.1, 0.15) is 46.0 Å². The van der Waals surface area contributed by atoms with Crippen molar-refractivity contribution < 1.29 is 9.59 Å². The van der Waals surface area contributed by atoms with E-state index >= 15 is 0 Å². The molecule has 140 valence electrons. The molecule has 0 aliphatic rings. The van der Waals surface area contributed by atoms with E-state index in [0.717, 1.165) is 23.1 Å². The Morgan fingerprint density at radius 3 is 2.26 bits per heavy atom. The van der Waals surface area contributed by atoms with Crippen LogP contribution < -0.4 is 5.32 Å². The first-order chi connectivity index (χ1) is 12.9. The Hall–Kier alpha value is -3.13. The molecule has 0 fully saturated rings. The molecular weight excluding hydrogens is 338 g/mol. The van der Waals surface area contributed by atoms with Crippen LogP contribution >= 0.6 is 0 Å². The van der Waals surface area contributed by atoms with Crippen LogP contribution in [0.25, 0.3) is 0 Å². The number of rotatable bonds is 7. The summed E-state index contributed by atoms with van der Waals surface area (Å²) in [5.41, 5.74) is 4.14. The molecule has 1 N–H and O–H groups in total. The van der Waals surface area contributed by atoms with Gasteiger partial charge in [0.05, 0.1) is 18.2 Å². The van der Waals surface area contributed by atoms with Crippen molar-refractivity contribution in [2.45, 2.75) is 33.7 Å². The van der Waals surface area contributed by atoms with E-state index in [2.05, 4.69) is 11.4 Å². The number of carbonyl (C=O) groups excluding carboxylic acids is 2. The summed E-state index contributed by atoms with van der Waals surface area (Å²) in [6, 6.07) is 14.9. The summed E-state index contributed by atoms with van der Waals surface area (Å²) in [6.45, 7) is 6.91. The molecule has 5 nitrogen and oxygen atoms in total. The van der Waals surface area contributed by atoms with Crippen LogP contribution in [0.15, 0.2) is 42.5 Å². The molecule has 2 rings (SSSR count). The van der Waals surface area contributed by atoms with Crippen molar-refractivity contribution in [3.63, 3.8) is 0 Å². The van der Waals surface area contributed by atoms with E-state index in [1.165, 1.54) is 0 Å². The molecule has 5 heteroatoms. The lowest BCUT2D eigenvalue weighted by atomic mass is 10.1. The van der Waals surface area contributed by atoms with E-state index < -0.39 is 0 Å². The molecule has 27 heavy (non-hydrogen) atoms. The molecule has 0 aliphatic heterocycles. The summed E-state index contributed by atoms with van der Waals surface area (Å²) < 4.78 is 0. The molecule has 0 radical (unpaired) electrons. The van der Waals surface area contributed by atoms with Crippen molar-refractivity contribution in [3.05, 3.63) is 70.3 Å².